The van der Waals surface area contributed by atoms with Crippen molar-refractivity contribution in [1.29, 1.82) is 0 Å². The Kier molecular flexibility index (Phi) is 7.62. The zero-order valence-corrected chi connectivity index (χ0v) is 20.5. The van der Waals surface area contributed by atoms with Crippen molar-refractivity contribution in [2.24, 2.45) is 0 Å². The fourth-order valence-electron chi connectivity index (χ4n) is 4.35. The summed E-state index contributed by atoms with van der Waals surface area (Å²) < 4.78 is 6.12. The lowest BCUT2D eigenvalue weighted by Crippen LogP contribution is -2.42. The van der Waals surface area contributed by atoms with E-state index in [2.05, 4.69) is 76.6 Å². The van der Waals surface area contributed by atoms with Gasteiger partial charge in [0.05, 0.1) is 12.7 Å². The Hall–Kier alpha value is -2.63. The van der Waals surface area contributed by atoms with Crippen LogP contribution in [0, 0.1) is 0 Å². The number of ether oxygens (including phenoxy) is 1. The van der Waals surface area contributed by atoms with E-state index >= 15 is 0 Å². The van der Waals surface area contributed by atoms with E-state index in [4.69, 9.17) is 16.3 Å². The van der Waals surface area contributed by atoms with Gasteiger partial charge in [0.1, 0.15) is 5.03 Å². The minimum atomic E-state index is 0.203. The molecule has 5 rings (SSSR count). The summed E-state index contributed by atoms with van der Waals surface area (Å²) >= 11 is 7.92. The third-order valence-corrected chi connectivity index (χ3v) is 7.20. The molecule has 4 aromatic rings. The van der Waals surface area contributed by atoms with E-state index in [1.54, 1.807) is 11.8 Å². The summed E-state index contributed by atoms with van der Waals surface area (Å²) in [4.78, 5) is 8.33. The molecule has 0 bridgehead atoms. The molecule has 1 atom stereocenters. The molecule has 3 aromatic carbocycles. The molecular formula is C29H27ClN2OS. The normalized spacial score (nSPS) is 16.4. The van der Waals surface area contributed by atoms with Gasteiger partial charge in [-0.15, -0.1) is 0 Å². The van der Waals surface area contributed by atoms with Crippen LogP contribution in [0.3, 0.4) is 0 Å². The number of hydrogen-bond acceptors (Lipinski definition) is 4. The smallest absolute Gasteiger partial charge is 0.109 e. The van der Waals surface area contributed by atoms with Crippen LogP contribution in [0.5, 0.6) is 0 Å². The van der Waals surface area contributed by atoms with Crippen LogP contribution in [-0.4, -0.2) is 35.7 Å². The van der Waals surface area contributed by atoms with Gasteiger partial charge in [-0.2, -0.15) is 0 Å². The maximum atomic E-state index is 6.23. The van der Waals surface area contributed by atoms with Gasteiger partial charge in [0, 0.05) is 41.3 Å². The van der Waals surface area contributed by atoms with Gasteiger partial charge in [-0.3, -0.25) is 4.90 Å². The molecule has 172 valence electrons. The highest BCUT2D eigenvalue weighted by atomic mass is 35.5. The molecule has 3 nitrogen and oxygen atoms in total. The van der Waals surface area contributed by atoms with E-state index in [0.29, 0.717) is 0 Å². The van der Waals surface area contributed by atoms with E-state index in [1.807, 2.05) is 30.5 Å². The van der Waals surface area contributed by atoms with Gasteiger partial charge in [0.15, 0.2) is 0 Å². The quantitative estimate of drug-likeness (QED) is 0.281. The molecule has 2 heterocycles. The highest BCUT2D eigenvalue weighted by Crippen LogP contribution is 2.35. The first-order chi connectivity index (χ1) is 16.7. The average molecular weight is 487 g/mol. The Balaban J connectivity index is 1.27. The standard InChI is InChI=1S/C29H27ClN2OS/c30-25-11-5-10-24(19-25)28-13-6-14-31-29(28)34-27-12-4-9-23(18-27)17-26-21-32(15-16-33-26)20-22-7-2-1-3-8-22/h1-14,18-19,26H,15-17,20-21H2/t26-/m0/s1. The van der Waals surface area contributed by atoms with E-state index in [1.165, 1.54) is 16.0 Å². The molecule has 0 N–H and O–H groups in total. The van der Waals surface area contributed by atoms with Crippen molar-refractivity contribution in [2.45, 2.75) is 29.0 Å². The van der Waals surface area contributed by atoms with Crippen LogP contribution < -0.4 is 0 Å². The molecule has 1 aliphatic heterocycles. The molecule has 0 radical (unpaired) electrons. The van der Waals surface area contributed by atoms with Crippen molar-refractivity contribution in [3.8, 4) is 11.1 Å². The first kappa shape index (κ1) is 23.1. The van der Waals surface area contributed by atoms with Crippen molar-refractivity contribution >= 4 is 23.4 Å². The number of morpholine rings is 1. The highest BCUT2D eigenvalue weighted by molar-refractivity contribution is 7.99. The number of benzene rings is 3. The Morgan fingerprint density at radius 3 is 2.65 bits per heavy atom. The van der Waals surface area contributed by atoms with Crippen LogP contribution in [0.15, 0.2) is 107 Å². The van der Waals surface area contributed by atoms with Crippen molar-refractivity contribution in [3.05, 3.63) is 113 Å². The maximum absolute atomic E-state index is 6.23. The van der Waals surface area contributed by atoms with E-state index in [0.717, 1.165) is 53.8 Å². The summed E-state index contributed by atoms with van der Waals surface area (Å²) in [5.74, 6) is 0. The average Bonchev–Trinajstić information content (AvgIpc) is 2.86. The fourth-order valence-corrected chi connectivity index (χ4v) is 5.53. The number of hydrogen-bond donors (Lipinski definition) is 0. The summed E-state index contributed by atoms with van der Waals surface area (Å²) in [6.45, 7) is 3.68. The van der Waals surface area contributed by atoms with Gasteiger partial charge in [-0.25, -0.2) is 4.98 Å². The van der Waals surface area contributed by atoms with Gasteiger partial charge in [-0.1, -0.05) is 84.0 Å². The molecule has 0 aliphatic carbocycles. The van der Waals surface area contributed by atoms with Crippen LogP contribution in [0.25, 0.3) is 11.1 Å². The summed E-state index contributed by atoms with van der Waals surface area (Å²) in [7, 11) is 0. The topological polar surface area (TPSA) is 25.4 Å². The fraction of sp³-hybridized carbons (Fsp3) is 0.207. The zero-order valence-electron chi connectivity index (χ0n) is 18.9. The monoisotopic (exact) mass is 486 g/mol. The largest absolute Gasteiger partial charge is 0.375 e. The Morgan fingerprint density at radius 1 is 0.912 bits per heavy atom. The van der Waals surface area contributed by atoms with Gasteiger partial charge in [-0.05, 0) is 53.4 Å². The van der Waals surface area contributed by atoms with E-state index in [9.17, 15) is 0 Å². The third-order valence-electron chi connectivity index (χ3n) is 5.96. The van der Waals surface area contributed by atoms with Crippen molar-refractivity contribution in [3.63, 3.8) is 0 Å². The summed E-state index contributed by atoms with van der Waals surface area (Å²) in [6.07, 6.45) is 2.95. The molecule has 0 unspecified atom stereocenters. The predicted molar refractivity (Wildman–Crippen MR) is 140 cm³/mol. The molecule has 34 heavy (non-hydrogen) atoms. The van der Waals surface area contributed by atoms with E-state index < -0.39 is 0 Å². The van der Waals surface area contributed by atoms with Crippen molar-refractivity contribution in [1.82, 2.24) is 9.88 Å². The van der Waals surface area contributed by atoms with Crippen LogP contribution in [0.4, 0.5) is 0 Å². The zero-order chi connectivity index (χ0) is 23.2. The van der Waals surface area contributed by atoms with Crippen molar-refractivity contribution < 1.29 is 4.74 Å². The Bertz CT molecular complexity index is 1230. The molecule has 1 fully saturated rings. The summed E-state index contributed by atoms with van der Waals surface area (Å²) in [5, 5.41) is 1.71. The minimum Gasteiger partial charge on any atom is -0.375 e. The second kappa shape index (κ2) is 11.2. The lowest BCUT2D eigenvalue weighted by atomic mass is 10.1. The Morgan fingerprint density at radius 2 is 1.76 bits per heavy atom. The number of aromatic nitrogens is 1. The lowest BCUT2D eigenvalue weighted by Gasteiger charge is -2.33. The van der Waals surface area contributed by atoms with Crippen LogP contribution >= 0.6 is 23.4 Å². The van der Waals surface area contributed by atoms with Gasteiger partial charge >= 0.3 is 0 Å². The molecule has 5 heteroatoms. The van der Waals surface area contributed by atoms with Gasteiger partial charge in [0.2, 0.25) is 0 Å². The summed E-state index contributed by atoms with van der Waals surface area (Å²) in [6, 6.07) is 31.4. The highest BCUT2D eigenvalue weighted by Gasteiger charge is 2.21. The third kappa shape index (κ3) is 6.08. The first-order valence-corrected chi connectivity index (χ1v) is 12.8. The lowest BCUT2D eigenvalue weighted by molar-refractivity contribution is -0.0305. The van der Waals surface area contributed by atoms with Gasteiger partial charge < -0.3 is 4.74 Å². The minimum absolute atomic E-state index is 0.203. The second-order valence-corrected chi connectivity index (χ2v) is 10.0. The molecule has 1 saturated heterocycles. The van der Waals surface area contributed by atoms with Crippen molar-refractivity contribution in [2.75, 3.05) is 19.7 Å². The number of pyridine rings is 1. The molecule has 1 aromatic heterocycles. The molecular weight excluding hydrogens is 460 g/mol. The van der Waals surface area contributed by atoms with Crippen LogP contribution in [-0.2, 0) is 17.7 Å². The summed E-state index contributed by atoms with van der Waals surface area (Å²) in [5.41, 5.74) is 4.81. The Labute approximate surface area is 210 Å². The molecule has 0 amide bonds. The van der Waals surface area contributed by atoms with Gasteiger partial charge in [0.25, 0.3) is 0 Å². The van der Waals surface area contributed by atoms with Crippen LogP contribution in [0.1, 0.15) is 11.1 Å². The molecule has 0 saturated carbocycles. The second-order valence-electron chi connectivity index (χ2n) is 8.53. The SMILES string of the molecule is Clc1cccc(-c2cccnc2Sc2cccc(C[C@H]3CN(Cc4ccccc4)CCO3)c2)c1. The maximum Gasteiger partial charge on any atom is 0.109 e. The number of nitrogens with zero attached hydrogens (tertiary/aromatic N) is 2. The first-order valence-electron chi connectivity index (χ1n) is 11.6. The van der Waals surface area contributed by atoms with E-state index in [-0.39, 0.29) is 6.10 Å². The predicted octanol–water partition coefficient (Wildman–Crippen LogP) is 7.00. The number of halogens is 1. The molecule has 0 spiro atoms. The molecule has 1 aliphatic rings. The van der Waals surface area contributed by atoms with Crippen LogP contribution in [0.2, 0.25) is 5.02 Å². The number of rotatable bonds is 7.